The molecule has 2 rings (SSSR count). The van der Waals surface area contributed by atoms with E-state index < -0.39 is 0 Å². The van der Waals surface area contributed by atoms with Gasteiger partial charge in [-0.3, -0.25) is 4.79 Å². The Labute approximate surface area is 122 Å². The first kappa shape index (κ1) is 14.2. The van der Waals surface area contributed by atoms with E-state index >= 15 is 0 Å². The van der Waals surface area contributed by atoms with E-state index in [1.807, 2.05) is 31.4 Å². The first-order valence-electron chi connectivity index (χ1n) is 5.94. The largest absolute Gasteiger partial charge is 0.285 e. The fraction of sp³-hybridized carbons (Fsp3) is 0.200. The van der Waals surface area contributed by atoms with Crippen molar-refractivity contribution in [2.45, 2.75) is 13.8 Å². The summed E-state index contributed by atoms with van der Waals surface area (Å²) >= 11 is 2.95. The molecule has 1 aliphatic heterocycles. The predicted molar refractivity (Wildman–Crippen MR) is 87.4 cm³/mol. The van der Waals surface area contributed by atoms with Gasteiger partial charge in [0.2, 0.25) is 0 Å². The van der Waals surface area contributed by atoms with Crippen molar-refractivity contribution in [3.8, 4) is 0 Å². The summed E-state index contributed by atoms with van der Waals surface area (Å²) in [5.41, 5.74) is 3.44. The highest BCUT2D eigenvalue weighted by Crippen LogP contribution is 2.32. The number of carbonyl (C=O) groups excluding carboxylic acids is 1. The summed E-state index contributed by atoms with van der Waals surface area (Å²) in [5.74, 6) is -0.137. The molecule has 4 heteroatoms. The van der Waals surface area contributed by atoms with E-state index in [0.29, 0.717) is 4.91 Å². The van der Waals surface area contributed by atoms with E-state index in [-0.39, 0.29) is 5.91 Å². The van der Waals surface area contributed by atoms with Gasteiger partial charge in [-0.15, -0.1) is 11.8 Å². The Morgan fingerprint density at radius 3 is 2.79 bits per heavy atom. The van der Waals surface area contributed by atoms with Crippen molar-refractivity contribution in [1.82, 2.24) is 0 Å². The molecular weight excluding hydrogens is 274 g/mol. The molecule has 0 bridgehead atoms. The Balaban J connectivity index is 2.30. The lowest BCUT2D eigenvalue weighted by Gasteiger charge is -2.03. The third-order valence-electron chi connectivity index (χ3n) is 2.72. The monoisotopic (exact) mass is 289 g/mol. The minimum Gasteiger partial charge on any atom is -0.266 e. The van der Waals surface area contributed by atoms with Crippen LogP contribution in [0.2, 0.25) is 0 Å². The number of nitrogens with zero attached hydrogens (tertiary/aromatic N) is 1. The van der Waals surface area contributed by atoms with E-state index in [1.54, 1.807) is 0 Å². The summed E-state index contributed by atoms with van der Waals surface area (Å²) in [6.07, 6.45) is 7.93. The first-order chi connectivity index (χ1) is 9.13. The van der Waals surface area contributed by atoms with Crippen molar-refractivity contribution in [2.75, 3.05) is 6.26 Å². The molecule has 0 aliphatic carbocycles. The van der Waals surface area contributed by atoms with Crippen LogP contribution >= 0.6 is 23.5 Å². The summed E-state index contributed by atoms with van der Waals surface area (Å²) in [6, 6.07) is 6.19. The minimum atomic E-state index is -0.137. The first-order valence-corrected chi connectivity index (χ1v) is 7.98. The van der Waals surface area contributed by atoms with E-state index in [0.717, 1.165) is 9.94 Å². The molecule has 98 valence electrons. The smallest absolute Gasteiger partial charge is 0.266 e. The second-order valence-electron chi connectivity index (χ2n) is 4.11. The van der Waals surface area contributed by atoms with Crippen LogP contribution in [0.15, 0.2) is 34.2 Å². The van der Waals surface area contributed by atoms with Crippen LogP contribution in [0.1, 0.15) is 23.6 Å². The van der Waals surface area contributed by atoms with Gasteiger partial charge < -0.3 is 0 Å². The molecule has 2 nitrogen and oxygen atoms in total. The minimum absolute atomic E-state index is 0.137. The van der Waals surface area contributed by atoms with Crippen LogP contribution in [0.25, 0.3) is 12.2 Å². The van der Waals surface area contributed by atoms with Gasteiger partial charge in [0.1, 0.15) is 4.38 Å². The number of aliphatic imine (C=N–C) groups is 1. The summed E-state index contributed by atoms with van der Waals surface area (Å²) in [5, 5.41) is 0. The van der Waals surface area contributed by atoms with E-state index in [2.05, 4.69) is 30.1 Å². The zero-order valence-corrected chi connectivity index (χ0v) is 12.8. The van der Waals surface area contributed by atoms with Gasteiger partial charge in [-0.1, -0.05) is 36.0 Å². The van der Waals surface area contributed by atoms with Crippen molar-refractivity contribution in [2.24, 2.45) is 4.99 Å². The van der Waals surface area contributed by atoms with Gasteiger partial charge in [0.25, 0.3) is 5.91 Å². The predicted octanol–water partition coefficient (Wildman–Crippen LogP) is 4.36. The third-order valence-corrected chi connectivity index (χ3v) is 4.69. The number of carbonyl (C=O) groups is 1. The van der Waals surface area contributed by atoms with Crippen LogP contribution in [-0.4, -0.2) is 16.5 Å². The number of hydrogen-bond acceptors (Lipinski definition) is 3. The molecule has 1 aromatic rings. The van der Waals surface area contributed by atoms with Gasteiger partial charge in [-0.25, -0.2) is 0 Å². The van der Waals surface area contributed by atoms with E-state index in [9.17, 15) is 4.79 Å². The lowest BCUT2D eigenvalue weighted by atomic mass is 10.0. The maximum Gasteiger partial charge on any atom is 0.285 e. The van der Waals surface area contributed by atoms with Gasteiger partial charge in [-0.05, 0) is 48.9 Å². The molecule has 1 aliphatic rings. The molecule has 0 aromatic heterocycles. The second-order valence-corrected chi connectivity index (χ2v) is 6.20. The molecule has 1 amide bonds. The molecule has 0 unspecified atom stereocenters. The molecule has 0 saturated carbocycles. The van der Waals surface area contributed by atoms with Crippen LogP contribution in [0.4, 0.5) is 0 Å². The second kappa shape index (κ2) is 6.26. The molecule has 19 heavy (non-hydrogen) atoms. The van der Waals surface area contributed by atoms with Gasteiger partial charge in [0, 0.05) is 0 Å². The van der Waals surface area contributed by atoms with Crippen molar-refractivity contribution in [3.63, 3.8) is 0 Å². The fourth-order valence-corrected chi connectivity index (χ4v) is 3.16. The molecule has 0 fully saturated rings. The number of benzene rings is 1. The Morgan fingerprint density at radius 2 is 2.16 bits per heavy atom. The SMILES string of the molecule is C/C=C\c1cc(/C=C2\SC(SC)=NC2=O)ccc1C. The van der Waals surface area contributed by atoms with Crippen molar-refractivity contribution in [1.29, 1.82) is 0 Å². The maximum absolute atomic E-state index is 11.7. The zero-order chi connectivity index (χ0) is 13.8. The van der Waals surface area contributed by atoms with Crippen molar-refractivity contribution in [3.05, 3.63) is 45.9 Å². The summed E-state index contributed by atoms with van der Waals surface area (Å²) in [4.78, 5) is 16.4. The normalized spacial score (nSPS) is 17.5. The van der Waals surface area contributed by atoms with Gasteiger partial charge in [-0.2, -0.15) is 4.99 Å². The summed E-state index contributed by atoms with van der Waals surface area (Å²) < 4.78 is 0.817. The van der Waals surface area contributed by atoms with E-state index in [4.69, 9.17) is 0 Å². The quantitative estimate of drug-likeness (QED) is 0.757. The zero-order valence-electron chi connectivity index (χ0n) is 11.1. The molecule has 0 radical (unpaired) electrons. The molecule has 0 saturated heterocycles. The molecule has 1 aromatic carbocycles. The van der Waals surface area contributed by atoms with E-state index in [1.165, 1.54) is 34.7 Å². The van der Waals surface area contributed by atoms with Crippen LogP contribution in [0, 0.1) is 6.92 Å². The Bertz CT molecular complexity index is 600. The highest BCUT2D eigenvalue weighted by molar-refractivity contribution is 8.40. The summed E-state index contributed by atoms with van der Waals surface area (Å²) in [7, 11) is 0. The number of rotatable bonds is 2. The van der Waals surface area contributed by atoms with Gasteiger partial charge in [0.15, 0.2) is 0 Å². The average Bonchev–Trinajstić information content (AvgIpc) is 2.75. The Kier molecular flexibility index (Phi) is 4.66. The van der Waals surface area contributed by atoms with Crippen molar-refractivity contribution < 1.29 is 4.79 Å². The fourth-order valence-electron chi connectivity index (χ4n) is 1.74. The van der Waals surface area contributed by atoms with Crippen LogP contribution < -0.4 is 0 Å². The van der Waals surface area contributed by atoms with Crippen LogP contribution in [-0.2, 0) is 4.79 Å². The number of aryl methyl sites for hydroxylation is 1. The number of hydrogen-bond donors (Lipinski definition) is 0. The lowest BCUT2D eigenvalue weighted by molar-refractivity contribution is -0.113. The Morgan fingerprint density at radius 1 is 1.37 bits per heavy atom. The highest BCUT2D eigenvalue weighted by Gasteiger charge is 2.20. The summed E-state index contributed by atoms with van der Waals surface area (Å²) in [6.45, 7) is 4.08. The highest BCUT2D eigenvalue weighted by atomic mass is 32.2. The van der Waals surface area contributed by atoms with Crippen LogP contribution in [0.3, 0.4) is 0 Å². The van der Waals surface area contributed by atoms with Gasteiger partial charge >= 0.3 is 0 Å². The molecular formula is C15H15NOS2. The standard InChI is InChI=1S/C15H15NOS2/c1-4-5-12-8-11(7-6-10(12)2)9-13-14(17)16-15(18-3)19-13/h4-9H,1-3H3/b5-4-,13-9-. The topological polar surface area (TPSA) is 29.4 Å². The third kappa shape index (κ3) is 3.39. The molecule has 1 heterocycles. The Hall–Kier alpha value is -1.26. The van der Waals surface area contributed by atoms with Gasteiger partial charge in [0.05, 0.1) is 4.91 Å². The van der Waals surface area contributed by atoms with Crippen molar-refractivity contribution >= 4 is 46.0 Å². The molecule has 0 spiro atoms. The number of amides is 1. The lowest BCUT2D eigenvalue weighted by Crippen LogP contribution is -1.89. The number of thioether (sulfide) groups is 2. The molecule has 0 atom stereocenters. The maximum atomic E-state index is 11.7. The number of allylic oxidation sites excluding steroid dienone is 1. The molecule has 0 N–H and O–H groups in total. The van der Waals surface area contributed by atoms with Crippen LogP contribution in [0.5, 0.6) is 0 Å². The average molecular weight is 289 g/mol.